The van der Waals surface area contributed by atoms with E-state index in [1.54, 1.807) is 0 Å². The summed E-state index contributed by atoms with van der Waals surface area (Å²) in [5.74, 6) is 0.618. The SMILES string of the molecule is CCc1c(C)nc(-c2cccc(Cl)c2)nc1Cl. The molecule has 0 radical (unpaired) electrons. The van der Waals surface area contributed by atoms with Crippen molar-refractivity contribution in [2.24, 2.45) is 0 Å². The Morgan fingerprint density at radius 3 is 2.53 bits per heavy atom. The predicted molar refractivity (Wildman–Crippen MR) is 71.6 cm³/mol. The number of benzene rings is 1. The van der Waals surface area contributed by atoms with Crippen LogP contribution in [0, 0.1) is 6.92 Å². The van der Waals surface area contributed by atoms with Gasteiger partial charge >= 0.3 is 0 Å². The minimum Gasteiger partial charge on any atom is -0.233 e. The van der Waals surface area contributed by atoms with Crippen LogP contribution in [0.15, 0.2) is 24.3 Å². The van der Waals surface area contributed by atoms with Gasteiger partial charge in [-0.3, -0.25) is 0 Å². The summed E-state index contributed by atoms with van der Waals surface area (Å²) < 4.78 is 0. The summed E-state index contributed by atoms with van der Waals surface area (Å²) in [6.07, 6.45) is 0.834. The molecule has 0 aliphatic heterocycles. The molecule has 2 nitrogen and oxygen atoms in total. The summed E-state index contributed by atoms with van der Waals surface area (Å²) in [5, 5.41) is 1.19. The van der Waals surface area contributed by atoms with Gasteiger partial charge in [-0.05, 0) is 25.5 Å². The fourth-order valence-corrected chi connectivity index (χ4v) is 2.26. The van der Waals surface area contributed by atoms with Crippen LogP contribution in [-0.2, 0) is 6.42 Å². The standard InChI is InChI=1S/C13H12Cl2N2/c1-3-11-8(2)16-13(17-12(11)15)9-5-4-6-10(14)7-9/h4-7H,3H2,1-2H3. The zero-order chi connectivity index (χ0) is 12.4. The first kappa shape index (κ1) is 12.3. The lowest BCUT2D eigenvalue weighted by Gasteiger charge is -2.07. The fraction of sp³-hybridized carbons (Fsp3) is 0.231. The topological polar surface area (TPSA) is 25.8 Å². The molecule has 0 bridgehead atoms. The van der Waals surface area contributed by atoms with Gasteiger partial charge in [0, 0.05) is 21.8 Å². The van der Waals surface area contributed by atoms with Crippen molar-refractivity contribution in [3.8, 4) is 11.4 Å². The summed E-state index contributed by atoms with van der Waals surface area (Å²) in [5.41, 5.74) is 2.80. The zero-order valence-corrected chi connectivity index (χ0v) is 11.2. The van der Waals surface area contributed by atoms with Gasteiger partial charge in [-0.2, -0.15) is 0 Å². The summed E-state index contributed by atoms with van der Waals surface area (Å²) in [6, 6.07) is 7.44. The first-order valence-corrected chi connectivity index (χ1v) is 6.16. The monoisotopic (exact) mass is 266 g/mol. The van der Waals surface area contributed by atoms with Crippen molar-refractivity contribution < 1.29 is 0 Å². The quantitative estimate of drug-likeness (QED) is 0.757. The Kier molecular flexibility index (Phi) is 3.65. The highest BCUT2D eigenvalue weighted by Gasteiger charge is 2.09. The van der Waals surface area contributed by atoms with E-state index in [1.807, 2.05) is 38.1 Å². The summed E-state index contributed by atoms with van der Waals surface area (Å²) in [6.45, 7) is 3.98. The molecule has 2 aromatic rings. The van der Waals surface area contributed by atoms with Gasteiger partial charge in [0.15, 0.2) is 5.82 Å². The molecule has 4 heteroatoms. The second-order valence-corrected chi connectivity index (χ2v) is 4.56. The van der Waals surface area contributed by atoms with E-state index in [2.05, 4.69) is 9.97 Å². The van der Waals surface area contributed by atoms with Crippen LogP contribution in [0.2, 0.25) is 10.2 Å². The lowest BCUT2D eigenvalue weighted by molar-refractivity contribution is 1.00. The van der Waals surface area contributed by atoms with Crippen LogP contribution in [0.1, 0.15) is 18.2 Å². The van der Waals surface area contributed by atoms with Gasteiger partial charge in [0.1, 0.15) is 5.15 Å². The lowest BCUT2D eigenvalue weighted by atomic mass is 10.1. The molecule has 1 aromatic heterocycles. The molecular weight excluding hydrogens is 255 g/mol. The molecule has 2 rings (SSSR count). The molecular formula is C13H12Cl2N2. The van der Waals surface area contributed by atoms with Crippen LogP contribution < -0.4 is 0 Å². The second-order valence-electron chi connectivity index (χ2n) is 3.77. The van der Waals surface area contributed by atoms with Crippen molar-refractivity contribution in [1.29, 1.82) is 0 Å². The first-order valence-electron chi connectivity index (χ1n) is 5.40. The van der Waals surface area contributed by atoms with Crippen molar-refractivity contribution in [2.45, 2.75) is 20.3 Å². The van der Waals surface area contributed by atoms with E-state index in [0.29, 0.717) is 16.0 Å². The van der Waals surface area contributed by atoms with E-state index in [1.165, 1.54) is 0 Å². The number of rotatable bonds is 2. The van der Waals surface area contributed by atoms with Crippen molar-refractivity contribution in [3.63, 3.8) is 0 Å². The van der Waals surface area contributed by atoms with E-state index in [-0.39, 0.29) is 0 Å². The van der Waals surface area contributed by atoms with Gasteiger partial charge in [-0.25, -0.2) is 9.97 Å². The maximum atomic E-state index is 6.14. The highest BCUT2D eigenvalue weighted by molar-refractivity contribution is 6.31. The minimum absolute atomic E-state index is 0.523. The average Bonchev–Trinajstić information content (AvgIpc) is 2.28. The second kappa shape index (κ2) is 5.03. The number of aromatic nitrogens is 2. The molecule has 0 saturated carbocycles. The third kappa shape index (κ3) is 2.59. The minimum atomic E-state index is 0.523. The van der Waals surface area contributed by atoms with Crippen LogP contribution in [-0.4, -0.2) is 9.97 Å². The normalized spacial score (nSPS) is 10.6. The molecule has 0 N–H and O–H groups in total. The van der Waals surface area contributed by atoms with E-state index in [4.69, 9.17) is 23.2 Å². The third-order valence-corrected chi connectivity index (χ3v) is 3.15. The Balaban J connectivity index is 2.54. The maximum Gasteiger partial charge on any atom is 0.161 e. The summed E-state index contributed by atoms with van der Waals surface area (Å²) in [7, 11) is 0. The van der Waals surface area contributed by atoms with Crippen LogP contribution in [0.5, 0.6) is 0 Å². The average molecular weight is 267 g/mol. The van der Waals surface area contributed by atoms with Gasteiger partial charge in [0.05, 0.1) is 0 Å². The molecule has 17 heavy (non-hydrogen) atoms. The molecule has 0 aliphatic rings. The number of nitrogens with zero attached hydrogens (tertiary/aromatic N) is 2. The predicted octanol–water partition coefficient (Wildman–Crippen LogP) is 4.32. The zero-order valence-electron chi connectivity index (χ0n) is 9.67. The lowest BCUT2D eigenvalue weighted by Crippen LogP contribution is -1.99. The number of aryl methyl sites for hydroxylation is 1. The molecule has 0 atom stereocenters. The molecule has 0 amide bonds. The largest absolute Gasteiger partial charge is 0.233 e. The van der Waals surface area contributed by atoms with Crippen LogP contribution in [0.25, 0.3) is 11.4 Å². The highest BCUT2D eigenvalue weighted by atomic mass is 35.5. The van der Waals surface area contributed by atoms with Gasteiger partial charge < -0.3 is 0 Å². The van der Waals surface area contributed by atoms with E-state index in [0.717, 1.165) is 23.2 Å². The van der Waals surface area contributed by atoms with Gasteiger partial charge in [-0.15, -0.1) is 0 Å². The van der Waals surface area contributed by atoms with Gasteiger partial charge in [0.2, 0.25) is 0 Å². The number of hydrogen-bond donors (Lipinski definition) is 0. The Morgan fingerprint density at radius 2 is 1.94 bits per heavy atom. The van der Waals surface area contributed by atoms with Crippen LogP contribution >= 0.6 is 23.2 Å². The molecule has 88 valence electrons. The number of halogens is 2. The Bertz CT molecular complexity index is 530. The van der Waals surface area contributed by atoms with Crippen molar-refractivity contribution in [2.75, 3.05) is 0 Å². The summed E-state index contributed by atoms with van der Waals surface area (Å²) in [4.78, 5) is 8.77. The maximum absolute atomic E-state index is 6.14. The fourth-order valence-electron chi connectivity index (χ4n) is 1.72. The van der Waals surface area contributed by atoms with Crippen molar-refractivity contribution in [1.82, 2.24) is 9.97 Å². The molecule has 0 aliphatic carbocycles. The van der Waals surface area contributed by atoms with Gasteiger partial charge in [-0.1, -0.05) is 42.3 Å². The van der Waals surface area contributed by atoms with Crippen molar-refractivity contribution >= 4 is 23.2 Å². The molecule has 0 spiro atoms. The van der Waals surface area contributed by atoms with Gasteiger partial charge in [0.25, 0.3) is 0 Å². The Morgan fingerprint density at radius 1 is 1.18 bits per heavy atom. The molecule has 1 aromatic carbocycles. The number of hydrogen-bond acceptors (Lipinski definition) is 2. The van der Waals surface area contributed by atoms with Crippen LogP contribution in [0.4, 0.5) is 0 Å². The van der Waals surface area contributed by atoms with E-state index in [9.17, 15) is 0 Å². The first-order chi connectivity index (χ1) is 8.11. The smallest absolute Gasteiger partial charge is 0.161 e. The molecule has 0 saturated heterocycles. The molecule has 0 fully saturated rings. The molecule has 0 unspecified atom stereocenters. The Hall–Kier alpha value is -1.12. The molecule has 1 heterocycles. The third-order valence-electron chi connectivity index (χ3n) is 2.60. The van der Waals surface area contributed by atoms with Crippen LogP contribution in [0.3, 0.4) is 0 Å². The summed E-state index contributed by atoms with van der Waals surface area (Å²) >= 11 is 12.1. The Labute approximate surface area is 111 Å². The highest BCUT2D eigenvalue weighted by Crippen LogP contribution is 2.24. The van der Waals surface area contributed by atoms with E-state index < -0.39 is 0 Å². The van der Waals surface area contributed by atoms with E-state index >= 15 is 0 Å². The van der Waals surface area contributed by atoms with Crippen molar-refractivity contribution in [3.05, 3.63) is 45.7 Å².